The zero-order valence-electron chi connectivity index (χ0n) is 10.5. The van der Waals surface area contributed by atoms with E-state index in [2.05, 4.69) is 10.3 Å². The molecule has 2 unspecified atom stereocenters. The molecule has 1 fully saturated rings. The fourth-order valence-electron chi connectivity index (χ4n) is 2.62. The molecule has 19 heavy (non-hydrogen) atoms. The molecule has 0 saturated heterocycles. The standard InChI is InChI=1S/C15H15ClN2O/c16-12-6-2-8-14(12)18-15(19)11-4-1-7-13-10(11)5-3-9-17-13/h1,3-5,7,9,12,14H,2,6,8H2,(H,18,19). The highest BCUT2D eigenvalue weighted by Gasteiger charge is 2.27. The zero-order chi connectivity index (χ0) is 13.2. The molecule has 1 aliphatic carbocycles. The number of amides is 1. The molecule has 3 nitrogen and oxygen atoms in total. The number of carbonyl (C=O) groups is 1. The number of carbonyl (C=O) groups excluding carboxylic acids is 1. The minimum absolute atomic E-state index is 0.0528. The number of nitrogens with zero attached hydrogens (tertiary/aromatic N) is 1. The SMILES string of the molecule is O=C(NC1CCCC1Cl)c1cccc2ncccc12. The molecule has 3 rings (SSSR count). The maximum atomic E-state index is 12.4. The number of pyridine rings is 1. The van der Waals surface area contributed by atoms with Crippen LogP contribution < -0.4 is 5.32 Å². The predicted molar refractivity (Wildman–Crippen MR) is 76.5 cm³/mol. The Balaban J connectivity index is 1.89. The summed E-state index contributed by atoms with van der Waals surface area (Å²) in [5, 5.41) is 3.97. The Morgan fingerprint density at radius 2 is 2.16 bits per heavy atom. The highest BCUT2D eigenvalue weighted by atomic mass is 35.5. The van der Waals surface area contributed by atoms with Crippen LogP contribution in [0.2, 0.25) is 0 Å². The van der Waals surface area contributed by atoms with Crippen molar-refractivity contribution in [2.45, 2.75) is 30.7 Å². The lowest BCUT2D eigenvalue weighted by Crippen LogP contribution is -2.37. The Hall–Kier alpha value is -1.61. The first-order valence-electron chi connectivity index (χ1n) is 6.54. The number of benzene rings is 1. The number of halogens is 1. The van der Waals surface area contributed by atoms with Gasteiger partial charge in [0, 0.05) is 23.2 Å². The molecule has 1 amide bonds. The molecule has 1 N–H and O–H groups in total. The van der Waals surface area contributed by atoms with E-state index in [0.29, 0.717) is 5.56 Å². The minimum Gasteiger partial charge on any atom is -0.348 e. The molecule has 0 aliphatic heterocycles. The summed E-state index contributed by atoms with van der Waals surface area (Å²) in [7, 11) is 0. The summed E-state index contributed by atoms with van der Waals surface area (Å²) < 4.78 is 0. The van der Waals surface area contributed by atoms with Crippen molar-refractivity contribution in [1.82, 2.24) is 10.3 Å². The van der Waals surface area contributed by atoms with Gasteiger partial charge in [-0.1, -0.05) is 12.1 Å². The van der Waals surface area contributed by atoms with Crippen molar-refractivity contribution in [2.24, 2.45) is 0 Å². The molecule has 1 saturated carbocycles. The Bertz CT molecular complexity index is 609. The molecule has 1 aromatic heterocycles. The third kappa shape index (κ3) is 2.43. The number of hydrogen-bond donors (Lipinski definition) is 1. The number of fused-ring (bicyclic) bond motifs is 1. The van der Waals surface area contributed by atoms with Gasteiger partial charge in [0.05, 0.1) is 10.9 Å². The third-order valence-corrected chi connectivity index (χ3v) is 4.16. The van der Waals surface area contributed by atoms with E-state index < -0.39 is 0 Å². The normalized spacial score (nSPS) is 22.6. The van der Waals surface area contributed by atoms with Gasteiger partial charge in [-0.05, 0) is 37.5 Å². The van der Waals surface area contributed by atoms with Crippen LogP contribution in [-0.2, 0) is 0 Å². The van der Waals surface area contributed by atoms with Gasteiger partial charge >= 0.3 is 0 Å². The number of nitrogens with one attached hydrogen (secondary N) is 1. The second-order valence-corrected chi connectivity index (χ2v) is 5.46. The molecule has 2 atom stereocenters. The monoisotopic (exact) mass is 274 g/mol. The highest BCUT2D eigenvalue weighted by molar-refractivity contribution is 6.21. The van der Waals surface area contributed by atoms with Crippen LogP contribution in [-0.4, -0.2) is 22.3 Å². The molecular weight excluding hydrogens is 260 g/mol. The summed E-state index contributed by atoms with van der Waals surface area (Å²) in [6.45, 7) is 0. The Morgan fingerprint density at radius 1 is 1.26 bits per heavy atom. The first-order valence-corrected chi connectivity index (χ1v) is 6.98. The fraction of sp³-hybridized carbons (Fsp3) is 0.333. The van der Waals surface area contributed by atoms with Crippen molar-refractivity contribution < 1.29 is 4.79 Å². The molecule has 1 aromatic carbocycles. The van der Waals surface area contributed by atoms with Crippen LogP contribution >= 0.6 is 11.6 Å². The Morgan fingerprint density at radius 3 is 2.95 bits per heavy atom. The summed E-state index contributed by atoms with van der Waals surface area (Å²) in [4.78, 5) is 16.6. The largest absolute Gasteiger partial charge is 0.348 e. The maximum Gasteiger partial charge on any atom is 0.252 e. The van der Waals surface area contributed by atoms with E-state index in [4.69, 9.17) is 11.6 Å². The van der Waals surface area contributed by atoms with Crippen LogP contribution in [0.5, 0.6) is 0 Å². The molecule has 0 radical (unpaired) electrons. The lowest BCUT2D eigenvalue weighted by atomic mass is 10.1. The molecule has 0 bridgehead atoms. The number of aromatic nitrogens is 1. The van der Waals surface area contributed by atoms with Gasteiger partial charge in [0.15, 0.2) is 0 Å². The third-order valence-electron chi connectivity index (χ3n) is 3.64. The minimum atomic E-state index is -0.0591. The number of alkyl halides is 1. The van der Waals surface area contributed by atoms with Gasteiger partial charge in [-0.3, -0.25) is 9.78 Å². The summed E-state index contributed by atoms with van der Waals surface area (Å²) in [6, 6.07) is 9.45. The average molecular weight is 275 g/mol. The van der Waals surface area contributed by atoms with Crippen LogP contribution in [0.3, 0.4) is 0 Å². The molecule has 1 heterocycles. The molecule has 4 heteroatoms. The predicted octanol–water partition coefficient (Wildman–Crippen LogP) is 3.12. The number of rotatable bonds is 2. The van der Waals surface area contributed by atoms with E-state index in [0.717, 1.165) is 30.2 Å². The van der Waals surface area contributed by atoms with Crippen LogP contribution in [0, 0.1) is 0 Å². The van der Waals surface area contributed by atoms with Crippen LogP contribution in [0.4, 0.5) is 0 Å². The van der Waals surface area contributed by atoms with Gasteiger partial charge in [-0.2, -0.15) is 0 Å². The lowest BCUT2D eigenvalue weighted by Gasteiger charge is -2.16. The Labute approximate surface area is 117 Å². The summed E-state index contributed by atoms with van der Waals surface area (Å²) >= 11 is 6.20. The molecular formula is C15H15ClN2O. The van der Waals surface area contributed by atoms with E-state index in [9.17, 15) is 4.79 Å². The van der Waals surface area contributed by atoms with E-state index in [-0.39, 0.29) is 17.3 Å². The number of hydrogen-bond acceptors (Lipinski definition) is 2. The quantitative estimate of drug-likeness (QED) is 0.855. The zero-order valence-corrected chi connectivity index (χ0v) is 11.2. The molecule has 0 spiro atoms. The Kier molecular flexibility index (Phi) is 3.38. The summed E-state index contributed by atoms with van der Waals surface area (Å²) in [5.74, 6) is -0.0591. The van der Waals surface area contributed by atoms with Gasteiger partial charge in [0.25, 0.3) is 5.91 Å². The van der Waals surface area contributed by atoms with Gasteiger partial charge in [-0.25, -0.2) is 0 Å². The van der Waals surface area contributed by atoms with Crippen molar-refractivity contribution in [3.05, 3.63) is 42.1 Å². The van der Waals surface area contributed by atoms with E-state index in [1.807, 2.05) is 30.3 Å². The van der Waals surface area contributed by atoms with Gasteiger partial charge in [0.1, 0.15) is 0 Å². The van der Waals surface area contributed by atoms with Crippen molar-refractivity contribution in [2.75, 3.05) is 0 Å². The fourth-order valence-corrected chi connectivity index (χ4v) is 2.97. The van der Waals surface area contributed by atoms with Crippen molar-refractivity contribution in [1.29, 1.82) is 0 Å². The van der Waals surface area contributed by atoms with E-state index >= 15 is 0 Å². The molecule has 98 valence electrons. The average Bonchev–Trinajstić information content (AvgIpc) is 2.83. The van der Waals surface area contributed by atoms with Gasteiger partial charge in [-0.15, -0.1) is 11.6 Å². The van der Waals surface area contributed by atoms with Crippen LogP contribution in [0.15, 0.2) is 36.5 Å². The molecule has 2 aromatic rings. The van der Waals surface area contributed by atoms with Crippen molar-refractivity contribution in [3.8, 4) is 0 Å². The maximum absolute atomic E-state index is 12.4. The van der Waals surface area contributed by atoms with Crippen LogP contribution in [0.25, 0.3) is 10.9 Å². The first kappa shape index (κ1) is 12.4. The summed E-state index contributed by atoms with van der Waals surface area (Å²) in [5.41, 5.74) is 1.50. The lowest BCUT2D eigenvalue weighted by molar-refractivity contribution is 0.0940. The summed E-state index contributed by atoms with van der Waals surface area (Å²) in [6.07, 6.45) is 4.75. The van der Waals surface area contributed by atoms with Crippen molar-refractivity contribution >= 4 is 28.4 Å². The van der Waals surface area contributed by atoms with Crippen LogP contribution in [0.1, 0.15) is 29.6 Å². The van der Waals surface area contributed by atoms with Gasteiger partial charge in [0.2, 0.25) is 0 Å². The first-order chi connectivity index (χ1) is 9.25. The van der Waals surface area contributed by atoms with E-state index in [1.165, 1.54) is 0 Å². The molecule has 1 aliphatic rings. The smallest absolute Gasteiger partial charge is 0.252 e. The highest BCUT2D eigenvalue weighted by Crippen LogP contribution is 2.25. The van der Waals surface area contributed by atoms with Crippen molar-refractivity contribution in [3.63, 3.8) is 0 Å². The topological polar surface area (TPSA) is 42.0 Å². The van der Waals surface area contributed by atoms with E-state index in [1.54, 1.807) is 6.20 Å². The second-order valence-electron chi connectivity index (χ2n) is 4.90. The second kappa shape index (κ2) is 5.17. The van der Waals surface area contributed by atoms with Gasteiger partial charge < -0.3 is 5.32 Å².